The Balaban J connectivity index is 3.56. The van der Waals surface area contributed by atoms with Gasteiger partial charge >= 0.3 is 144 Å². The van der Waals surface area contributed by atoms with E-state index in [0.717, 1.165) is 5.40 Å². The van der Waals surface area contributed by atoms with Crippen LogP contribution in [0.25, 0.3) is 0 Å². The van der Waals surface area contributed by atoms with Crippen molar-refractivity contribution in [3.8, 4) is 22.6 Å². The quantitative estimate of drug-likeness (QED) is 0.342. The monoisotopic (exact) mass is 393 g/mol. The summed E-state index contributed by atoms with van der Waals surface area (Å²) in [6.45, 7) is 21.6. The molecule has 0 fully saturated rings. The van der Waals surface area contributed by atoms with Gasteiger partial charge in [0.05, 0.1) is 0 Å². The fourth-order valence-electron chi connectivity index (χ4n) is 3.95. The third kappa shape index (κ3) is 5.13. The zero-order valence-electron chi connectivity index (χ0n) is 16.1. The van der Waals surface area contributed by atoms with Gasteiger partial charge in [-0.2, -0.15) is 0 Å². The van der Waals surface area contributed by atoms with Gasteiger partial charge in [-0.3, -0.25) is 0 Å². The van der Waals surface area contributed by atoms with E-state index in [-0.39, 0.29) is 23.5 Å². The van der Waals surface area contributed by atoms with Gasteiger partial charge in [0, 0.05) is 0 Å². The molecule has 0 saturated heterocycles. The summed E-state index contributed by atoms with van der Waals surface area (Å²) in [6, 6.07) is 0. The van der Waals surface area contributed by atoms with Crippen LogP contribution in [0.4, 0.5) is 0 Å². The number of rotatable bonds is 1. The first-order chi connectivity index (χ1) is 9.75. The molecule has 5 heteroatoms. The Morgan fingerprint density at radius 3 is 1.95 bits per heavy atom. The summed E-state index contributed by atoms with van der Waals surface area (Å²) in [5.74, 6) is 1.94. The molecule has 126 valence electrons. The predicted molar refractivity (Wildman–Crippen MR) is 121 cm³/mol. The van der Waals surface area contributed by atoms with Crippen molar-refractivity contribution in [3.05, 3.63) is 0 Å². The molecule has 0 saturated carbocycles. The predicted octanol–water partition coefficient (Wildman–Crippen LogP) is 6.75. The fraction of sp³-hybridized carbons (Fsp3) is 0.765. The van der Waals surface area contributed by atoms with Gasteiger partial charge in [0.1, 0.15) is 0 Å². The first-order valence-electron chi connectivity index (χ1n) is 7.81. The molecule has 0 N–H and O–H groups in total. The van der Waals surface area contributed by atoms with Gasteiger partial charge in [-0.05, 0) is 0 Å². The number of hydrogen-bond acceptors (Lipinski definition) is 0. The molecule has 4 atom stereocenters. The van der Waals surface area contributed by atoms with Crippen molar-refractivity contribution >= 4 is 37.0 Å². The van der Waals surface area contributed by atoms with E-state index in [2.05, 4.69) is 89.8 Å². The number of hydrogen-bond donors (Lipinski definition) is 0. The van der Waals surface area contributed by atoms with E-state index in [9.17, 15) is 0 Å². The molecular formula is C17H34P5+. The van der Waals surface area contributed by atoms with Crippen LogP contribution in [0.2, 0.25) is 0 Å². The summed E-state index contributed by atoms with van der Waals surface area (Å²) in [7, 11) is -0.502. The van der Waals surface area contributed by atoms with Crippen molar-refractivity contribution in [3.63, 3.8) is 0 Å². The van der Waals surface area contributed by atoms with E-state index in [0.29, 0.717) is 5.92 Å². The van der Waals surface area contributed by atoms with Crippen LogP contribution in [0.5, 0.6) is 0 Å². The molecule has 0 spiro atoms. The average Bonchev–Trinajstić information content (AvgIpc) is 2.31. The average molecular weight is 393 g/mol. The second-order valence-corrected chi connectivity index (χ2v) is 29.6. The Kier molecular flexibility index (Phi) is 7.03. The van der Waals surface area contributed by atoms with Gasteiger partial charge in [0.15, 0.2) is 0 Å². The summed E-state index contributed by atoms with van der Waals surface area (Å²) in [5, 5.41) is 0.765. The van der Waals surface area contributed by atoms with Crippen molar-refractivity contribution in [1.29, 1.82) is 0 Å². The van der Waals surface area contributed by atoms with Gasteiger partial charge in [0.25, 0.3) is 0 Å². The molecule has 4 unspecified atom stereocenters. The Morgan fingerprint density at radius 2 is 1.45 bits per heavy atom. The molecule has 0 aromatic carbocycles. The molecule has 1 rings (SSSR count). The third-order valence-corrected chi connectivity index (χ3v) is 26.8. The van der Waals surface area contributed by atoms with Gasteiger partial charge in [-0.25, -0.2) is 0 Å². The van der Waals surface area contributed by atoms with Crippen molar-refractivity contribution in [1.82, 2.24) is 0 Å². The van der Waals surface area contributed by atoms with Crippen molar-refractivity contribution in [2.45, 2.75) is 19.2 Å². The van der Waals surface area contributed by atoms with E-state index >= 15 is 0 Å². The third-order valence-electron chi connectivity index (χ3n) is 4.41. The molecule has 0 amide bonds. The van der Waals surface area contributed by atoms with E-state index < -0.39 is 13.6 Å². The van der Waals surface area contributed by atoms with Gasteiger partial charge in [-0.1, -0.05) is 0 Å². The van der Waals surface area contributed by atoms with Crippen LogP contribution in [0.1, 0.15) is 13.8 Å². The molecule has 0 radical (unpaired) electrons. The first-order valence-corrected chi connectivity index (χ1v) is 20.7. The fourth-order valence-corrected chi connectivity index (χ4v) is 30.5. The summed E-state index contributed by atoms with van der Waals surface area (Å²) < 4.78 is 0. The molecule has 0 aromatic heterocycles. The van der Waals surface area contributed by atoms with E-state index in [4.69, 9.17) is 0 Å². The SMILES string of the molecule is CC(C)C1[P+](C)(C)P(C)C#CP(C)CP(C)C#CP1(C)(C)C. The van der Waals surface area contributed by atoms with Crippen LogP contribution in [0, 0.1) is 28.6 Å². The van der Waals surface area contributed by atoms with Gasteiger partial charge in [-0.15, -0.1) is 0 Å². The molecular weight excluding hydrogens is 359 g/mol. The molecule has 1 aliphatic rings. The summed E-state index contributed by atoms with van der Waals surface area (Å²) in [4.78, 5) is 0. The summed E-state index contributed by atoms with van der Waals surface area (Å²) in [6.07, 6.45) is 0. The minimum atomic E-state index is -2.01. The minimum absolute atomic E-state index is 0.147. The normalized spacial score (nSPS) is 38.2. The van der Waals surface area contributed by atoms with Crippen LogP contribution in [0.3, 0.4) is 0 Å². The summed E-state index contributed by atoms with van der Waals surface area (Å²) >= 11 is 0. The van der Waals surface area contributed by atoms with Crippen LogP contribution in [0.15, 0.2) is 0 Å². The van der Waals surface area contributed by atoms with E-state index in [1.54, 1.807) is 0 Å². The zero-order valence-corrected chi connectivity index (χ0v) is 20.6. The summed E-state index contributed by atoms with van der Waals surface area (Å²) in [5.41, 5.74) is 15.0. The maximum absolute atomic E-state index is 3.91. The molecule has 0 aromatic rings. The Bertz CT molecular complexity index is 533. The topological polar surface area (TPSA) is 0 Å². The second kappa shape index (κ2) is 7.25. The molecule has 1 aliphatic heterocycles. The standard InChI is InChI=1S/C17H34P5/c1-16(2)17-21(6,7)20(5)12-11-18(3)15-19(4)13-14-22(17,8,9)10/h16-17H,15H2,1-10H3/q+1. The van der Waals surface area contributed by atoms with Crippen molar-refractivity contribution in [2.75, 3.05) is 59.2 Å². The molecule has 22 heavy (non-hydrogen) atoms. The van der Waals surface area contributed by atoms with Crippen LogP contribution >= 0.6 is 37.0 Å². The second-order valence-electron chi connectivity index (χ2n) is 8.56. The molecule has 1 heterocycles. The van der Waals surface area contributed by atoms with Crippen LogP contribution in [-0.2, 0) is 0 Å². The van der Waals surface area contributed by atoms with Gasteiger partial charge in [0.2, 0.25) is 0 Å². The van der Waals surface area contributed by atoms with Crippen molar-refractivity contribution < 1.29 is 0 Å². The first kappa shape index (κ1) is 21.3. The maximum atomic E-state index is 3.91. The van der Waals surface area contributed by atoms with E-state index in [1.165, 1.54) is 5.90 Å². The van der Waals surface area contributed by atoms with Gasteiger partial charge < -0.3 is 0 Å². The molecule has 0 nitrogen and oxygen atoms in total. The molecule has 0 aliphatic carbocycles. The molecule has 0 bridgehead atoms. The zero-order chi connectivity index (χ0) is 17.4. The van der Waals surface area contributed by atoms with Crippen LogP contribution < -0.4 is 0 Å². The Hall–Kier alpha value is 1.27. The van der Waals surface area contributed by atoms with Crippen LogP contribution in [-0.4, -0.2) is 64.6 Å². The van der Waals surface area contributed by atoms with Crippen molar-refractivity contribution in [2.24, 2.45) is 5.92 Å². The Labute approximate surface area is 144 Å². The Morgan fingerprint density at radius 1 is 0.955 bits per heavy atom. The van der Waals surface area contributed by atoms with E-state index in [1.807, 2.05) is 0 Å².